The number of carbonyl (C=O) groups excluding carboxylic acids is 1. The van der Waals surface area contributed by atoms with E-state index < -0.39 is 44.5 Å². The number of anilines is 1. The topological polar surface area (TPSA) is 107 Å². The van der Waals surface area contributed by atoms with Crippen LogP contribution in [0.25, 0.3) is 0 Å². The third kappa shape index (κ3) is 5.19. The van der Waals surface area contributed by atoms with Gasteiger partial charge in [-0.05, 0) is 43.9 Å². The summed E-state index contributed by atoms with van der Waals surface area (Å²) in [5, 5.41) is 20.4. The molecule has 2 aromatic carbocycles. The second-order valence-electron chi connectivity index (χ2n) is 8.91. The van der Waals surface area contributed by atoms with Crippen molar-refractivity contribution in [3.05, 3.63) is 58.4 Å². The maximum absolute atomic E-state index is 13.5. The van der Waals surface area contributed by atoms with Gasteiger partial charge in [0.25, 0.3) is 5.91 Å². The van der Waals surface area contributed by atoms with Crippen LogP contribution in [0, 0.1) is 17.5 Å². The summed E-state index contributed by atoms with van der Waals surface area (Å²) in [5.74, 6) is -5.48. The summed E-state index contributed by atoms with van der Waals surface area (Å²) in [7, 11) is -3.94. The Hall–Kier alpha value is -2.18. The van der Waals surface area contributed by atoms with E-state index in [1.165, 1.54) is 12.1 Å². The Kier molecular flexibility index (Phi) is 7.44. The van der Waals surface area contributed by atoms with Crippen molar-refractivity contribution in [3.63, 3.8) is 0 Å². The summed E-state index contributed by atoms with van der Waals surface area (Å²) >= 11 is 6.21. The zero-order valence-electron chi connectivity index (χ0n) is 18.4. The standard InChI is InChI=1S/C23H24ClF3N2O5S/c24-18-4-1-12(23(32)28-13-6-19(25)22(27)20(26)7-13)5-21(18)35(33,34)17-8-14-2-3-15(9-17)29(14)10-16(31)11-30/h1,4-7,14-17,30-31H,2-3,8-11H2,(H,28,32)/t14-,15?,16-,17-/m0/s1. The number of nitrogens with one attached hydrogen (secondary N) is 1. The van der Waals surface area contributed by atoms with E-state index in [9.17, 15) is 31.5 Å². The lowest BCUT2D eigenvalue weighted by molar-refractivity contribution is 0.0302. The Morgan fingerprint density at radius 1 is 1.11 bits per heavy atom. The molecule has 0 aliphatic carbocycles. The highest BCUT2D eigenvalue weighted by Gasteiger charge is 2.46. The molecule has 35 heavy (non-hydrogen) atoms. The molecule has 2 aromatic rings. The Balaban J connectivity index is 1.55. The number of carbonyl (C=O) groups is 1. The van der Waals surface area contributed by atoms with E-state index in [-0.39, 0.29) is 46.4 Å². The third-order valence-corrected chi connectivity index (χ3v) is 9.31. The van der Waals surface area contributed by atoms with Crippen molar-refractivity contribution in [1.82, 2.24) is 4.90 Å². The van der Waals surface area contributed by atoms with E-state index in [0.717, 1.165) is 18.9 Å². The van der Waals surface area contributed by atoms with Gasteiger partial charge in [-0.2, -0.15) is 0 Å². The number of piperidine rings is 1. The molecule has 0 radical (unpaired) electrons. The van der Waals surface area contributed by atoms with Gasteiger partial charge in [-0.15, -0.1) is 0 Å². The van der Waals surface area contributed by atoms with Gasteiger partial charge in [-0.1, -0.05) is 11.6 Å². The van der Waals surface area contributed by atoms with Crippen molar-refractivity contribution in [1.29, 1.82) is 0 Å². The number of hydrogen-bond acceptors (Lipinski definition) is 6. The maximum atomic E-state index is 13.5. The minimum atomic E-state index is -3.94. The molecular weight excluding hydrogens is 509 g/mol. The molecule has 190 valence electrons. The van der Waals surface area contributed by atoms with E-state index in [1.807, 2.05) is 4.90 Å². The average Bonchev–Trinajstić information content (AvgIpc) is 3.03. The van der Waals surface area contributed by atoms with E-state index in [0.29, 0.717) is 25.0 Å². The second kappa shape index (κ2) is 10.1. The second-order valence-corrected chi connectivity index (χ2v) is 11.5. The average molecular weight is 533 g/mol. The van der Waals surface area contributed by atoms with Crippen molar-refractivity contribution < 1.29 is 36.6 Å². The number of rotatable bonds is 7. The number of amides is 1. The highest BCUT2D eigenvalue weighted by Crippen LogP contribution is 2.41. The minimum absolute atomic E-state index is 0.0640. The molecule has 3 N–H and O–H groups in total. The lowest BCUT2D eigenvalue weighted by Gasteiger charge is -2.39. The molecule has 2 heterocycles. The fourth-order valence-electron chi connectivity index (χ4n) is 4.95. The van der Waals surface area contributed by atoms with E-state index in [1.54, 1.807) is 0 Å². The minimum Gasteiger partial charge on any atom is -0.394 e. The first-order valence-corrected chi connectivity index (χ1v) is 13.0. The predicted octanol–water partition coefficient (Wildman–Crippen LogP) is 3.13. The summed E-state index contributed by atoms with van der Waals surface area (Å²) in [6.07, 6.45) is 1.28. The van der Waals surface area contributed by atoms with E-state index in [2.05, 4.69) is 5.32 Å². The van der Waals surface area contributed by atoms with Gasteiger partial charge in [0.15, 0.2) is 27.3 Å². The van der Waals surface area contributed by atoms with E-state index in [4.69, 9.17) is 16.7 Å². The first-order valence-electron chi connectivity index (χ1n) is 11.0. The molecule has 1 amide bonds. The highest BCUT2D eigenvalue weighted by molar-refractivity contribution is 7.92. The van der Waals surface area contributed by atoms with Crippen LogP contribution >= 0.6 is 11.6 Å². The molecule has 0 aromatic heterocycles. The maximum Gasteiger partial charge on any atom is 0.255 e. The number of fused-ring (bicyclic) bond motifs is 2. The molecule has 4 atom stereocenters. The molecule has 2 saturated heterocycles. The number of hydrogen-bond donors (Lipinski definition) is 3. The Labute approximate surface area is 205 Å². The van der Waals surface area contributed by atoms with Crippen molar-refractivity contribution >= 4 is 33.0 Å². The van der Waals surface area contributed by atoms with Crippen molar-refractivity contribution in [2.24, 2.45) is 0 Å². The van der Waals surface area contributed by atoms with Gasteiger partial charge in [-0.25, -0.2) is 21.6 Å². The Morgan fingerprint density at radius 3 is 2.29 bits per heavy atom. The Bertz CT molecular complexity index is 1210. The van der Waals surface area contributed by atoms with Crippen LogP contribution < -0.4 is 5.32 Å². The molecule has 7 nitrogen and oxygen atoms in total. The molecule has 2 aliphatic rings. The monoisotopic (exact) mass is 532 g/mol. The smallest absolute Gasteiger partial charge is 0.255 e. The zero-order valence-corrected chi connectivity index (χ0v) is 20.0. The molecule has 2 bridgehead atoms. The third-order valence-electron chi connectivity index (χ3n) is 6.65. The highest BCUT2D eigenvalue weighted by atomic mass is 35.5. The number of halogens is 4. The SMILES string of the molecule is O=C(Nc1cc(F)c(F)c(F)c1)c1ccc(Cl)c(S(=O)(=O)[C@@H]2CC3CC[C@@H](C2)N3C[C@H](O)CO)c1. The number of nitrogens with zero attached hydrogens (tertiary/aromatic N) is 1. The van der Waals surface area contributed by atoms with Crippen molar-refractivity contribution in [3.8, 4) is 0 Å². The summed E-state index contributed by atoms with van der Waals surface area (Å²) in [6, 6.07) is 4.74. The van der Waals surface area contributed by atoms with Gasteiger partial charge >= 0.3 is 0 Å². The first-order chi connectivity index (χ1) is 16.5. The molecule has 1 unspecified atom stereocenters. The van der Waals surface area contributed by atoms with Crippen molar-refractivity contribution in [2.45, 2.75) is 54.0 Å². The Morgan fingerprint density at radius 2 is 1.71 bits per heavy atom. The van der Waals surface area contributed by atoms with Crippen LogP contribution in [-0.2, 0) is 9.84 Å². The molecule has 2 fully saturated rings. The van der Waals surface area contributed by atoms with Crippen LogP contribution in [0.3, 0.4) is 0 Å². The zero-order chi connectivity index (χ0) is 25.5. The fraction of sp³-hybridized carbons (Fsp3) is 0.435. The van der Waals surface area contributed by atoms with E-state index >= 15 is 0 Å². The van der Waals surface area contributed by atoms with Crippen LogP contribution in [-0.4, -0.2) is 66.0 Å². The van der Waals surface area contributed by atoms with Gasteiger partial charge in [-0.3, -0.25) is 9.69 Å². The molecule has 2 aliphatic heterocycles. The quantitative estimate of drug-likeness (QED) is 0.473. The van der Waals surface area contributed by atoms with Crippen LogP contribution in [0.5, 0.6) is 0 Å². The summed E-state index contributed by atoms with van der Waals surface area (Å²) in [4.78, 5) is 14.5. The van der Waals surface area contributed by atoms with Gasteiger partial charge in [0.1, 0.15) is 0 Å². The van der Waals surface area contributed by atoms with Gasteiger partial charge in [0.05, 0.1) is 27.9 Å². The number of benzene rings is 2. The van der Waals surface area contributed by atoms with Gasteiger partial charge in [0, 0.05) is 42.0 Å². The molecule has 0 saturated carbocycles. The van der Waals surface area contributed by atoms with Crippen LogP contribution in [0.1, 0.15) is 36.0 Å². The summed E-state index contributed by atoms with van der Waals surface area (Å²) in [5.41, 5.74) is -0.440. The summed E-state index contributed by atoms with van der Waals surface area (Å²) in [6.45, 7) is -0.112. The normalized spacial score (nSPS) is 23.3. The van der Waals surface area contributed by atoms with Crippen LogP contribution in [0.15, 0.2) is 35.2 Å². The first kappa shape index (κ1) is 25.9. The number of aliphatic hydroxyl groups excluding tert-OH is 2. The predicted molar refractivity (Wildman–Crippen MR) is 123 cm³/mol. The van der Waals surface area contributed by atoms with Crippen LogP contribution in [0.4, 0.5) is 18.9 Å². The largest absolute Gasteiger partial charge is 0.394 e. The van der Waals surface area contributed by atoms with Crippen molar-refractivity contribution in [2.75, 3.05) is 18.5 Å². The molecule has 4 rings (SSSR count). The van der Waals surface area contributed by atoms with Gasteiger partial charge < -0.3 is 15.5 Å². The molecular formula is C23H24ClF3N2O5S. The van der Waals surface area contributed by atoms with Gasteiger partial charge in [0.2, 0.25) is 0 Å². The fourth-order valence-corrected chi connectivity index (χ4v) is 7.33. The van der Waals surface area contributed by atoms with Crippen LogP contribution in [0.2, 0.25) is 5.02 Å². The molecule has 12 heteroatoms. The lowest BCUT2D eigenvalue weighted by Crippen LogP contribution is -2.50. The lowest BCUT2D eigenvalue weighted by atomic mass is 10.0. The number of sulfone groups is 1. The number of aliphatic hydroxyl groups is 2. The summed E-state index contributed by atoms with van der Waals surface area (Å²) < 4.78 is 67.1. The molecule has 0 spiro atoms.